The second-order valence-electron chi connectivity index (χ2n) is 7.65. The number of likely N-dealkylation sites (tertiary alicyclic amines) is 1. The van der Waals surface area contributed by atoms with Gasteiger partial charge in [-0.05, 0) is 65.6 Å². The second kappa shape index (κ2) is 8.58. The summed E-state index contributed by atoms with van der Waals surface area (Å²) in [5.41, 5.74) is 3.10. The Morgan fingerprint density at radius 1 is 1.16 bits per heavy atom. The molecular formula is C22H23N5O3S. The molecule has 1 amide bonds. The van der Waals surface area contributed by atoms with Crippen LogP contribution in [0.4, 0.5) is 0 Å². The van der Waals surface area contributed by atoms with Crippen LogP contribution in [0.5, 0.6) is 11.5 Å². The van der Waals surface area contributed by atoms with Gasteiger partial charge in [-0.1, -0.05) is 30.0 Å². The second-order valence-corrected chi connectivity index (χ2v) is 8.59. The Kier molecular flexibility index (Phi) is 5.50. The summed E-state index contributed by atoms with van der Waals surface area (Å²) >= 11 is 1.36. The third-order valence-electron chi connectivity index (χ3n) is 5.54. The van der Waals surface area contributed by atoms with Gasteiger partial charge in [-0.3, -0.25) is 4.79 Å². The summed E-state index contributed by atoms with van der Waals surface area (Å²) in [6.45, 7) is 3.90. The number of benzene rings is 2. The molecule has 9 heteroatoms. The van der Waals surface area contributed by atoms with Gasteiger partial charge < -0.3 is 14.4 Å². The number of aryl methyl sites for hydroxylation is 1. The number of ether oxygens (including phenoxy) is 2. The number of carbonyl (C=O) groups is 1. The van der Waals surface area contributed by atoms with E-state index in [0.29, 0.717) is 18.4 Å². The summed E-state index contributed by atoms with van der Waals surface area (Å²) in [7, 11) is 0. The molecule has 0 bridgehead atoms. The minimum Gasteiger partial charge on any atom is -0.486 e. The molecule has 160 valence electrons. The van der Waals surface area contributed by atoms with E-state index in [-0.39, 0.29) is 17.7 Å². The third kappa shape index (κ3) is 4.10. The van der Waals surface area contributed by atoms with Crippen molar-refractivity contribution in [3.05, 3.63) is 53.6 Å². The van der Waals surface area contributed by atoms with Crippen molar-refractivity contribution in [3.8, 4) is 17.2 Å². The molecule has 1 saturated heterocycles. The molecule has 1 fully saturated rings. The lowest BCUT2D eigenvalue weighted by molar-refractivity contribution is -0.129. The van der Waals surface area contributed by atoms with Crippen molar-refractivity contribution in [1.29, 1.82) is 0 Å². The third-order valence-corrected chi connectivity index (χ3v) is 6.44. The van der Waals surface area contributed by atoms with Crippen LogP contribution in [-0.4, -0.2) is 56.5 Å². The minimum atomic E-state index is 0.0525. The highest BCUT2D eigenvalue weighted by Crippen LogP contribution is 2.38. The Hall–Kier alpha value is -3.07. The quantitative estimate of drug-likeness (QED) is 0.567. The van der Waals surface area contributed by atoms with Crippen LogP contribution in [0.15, 0.2) is 47.6 Å². The molecule has 2 aromatic carbocycles. The molecule has 0 N–H and O–H groups in total. The molecule has 8 nitrogen and oxygen atoms in total. The van der Waals surface area contributed by atoms with Gasteiger partial charge in [0.05, 0.1) is 17.5 Å². The van der Waals surface area contributed by atoms with Crippen LogP contribution in [0.25, 0.3) is 5.69 Å². The van der Waals surface area contributed by atoms with Crippen molar-refractivity contribution in [2.75, 3.05) is 25.5 Å². The van der Waals surface area contributed by atoms with Crippen molar-refractivity contribution < 1.29 is 14.3 Å². The van der Waals surface area contributed by atoms with Gasteiger partial charge in [-0.25, -0.2) is 0 Å². The summed E-state index contributed by atoms with van der Waals surface area (Å²) in [5, 5.41) is 12.6. The fraction of sp³-hybridized carbons (Fsp3) is 0.364. The Bertz CT molecular complexity index is 1100. The van der Waals surface area contributed by atoms with Gasteiger partial charge in [-0.15, -0.1) is 5.10 Å². The number of rotatable bonds is 5. The molecule has 3 heterocycles. The van der Waals surface area contributed by atoms with Gasteiger partial charge in [0, 0.05) is 6.54 Å². The summed E-state index contributed by atoms with van der Waals surface area (Å²) < 4.78 is 13.0. The van der Waals surface area contributed by atoms with E-state index in [1.165, 1.54) is 11.8 Å². The predicted molar refractivity (Wildman–Crippen MR) is 116 cm³/mol. The van der Waals surface area contributed by atoms with Crippen LogP contribution in [0.2, 0.25) is 0 Å². The average molecular weight is 438 g/mol. The number of fused-ring (bicyclic) bond motifs is 1. The van der Waals surface area contributed by atoms with Gasteiger partial charge in [0.15, 0.2) is 11.5 Å². The number of tetrazole rings is 1. The number of hydrogen-bond donors (Lipinski definition) is 0. The topological polar surface area (TPSA) is 82.4 Å². The molecule has 31 heavy (non-hydrogen) atoms. The molecule has 1 aromatic heterocycles. The number of aromatic nitrogens is 4. The van der Waals surface area contributed by atoms with Crippen LogP contribution < -0.4 is 9.47 Å². The summed E-state index contributed by atoms with van der Waals surface area (Å²) in [4.78, 5) is 15.0. The normalized spacial score (nSPS) is 17.7. The first-order chi connectivity index (χ1) is 15.2. The maximum absolute atomic E-state index is 13.1. The van der Waals surface area contributed by atoms with E-state index in [0.717, 1.165) is 47.7 Å². The molecule has 2 aliphatic heterocycles. The Morgan fingerprint density at radius 2 is 2.03 bits per heavy atom. The smallest absolute Gasteiger partial charge is 0.233 e. The predicted octanol–water partition coefficient (Wildman–Crippen LogP) is 3.20. The monoisotopic (exact) mass is 437 g/mol. The largest absolute Gasteiger partial charge is 0.486 e. The first-order valence-electron chi connectivity index (χ1n) is 10.4. The molecule has 5 rings (SSSR count). The van der Waals surface area contributed by atoms with E-state index in [9.17, 15) is 4.79 Å². The lowest BCUT2D eigenvalue weighted by atomic mass is 10.0. The van der Waals surface area contributed by atoms with E-state index < -0.39 is 0 Å². The Morgan fingerprint density at radius 3 is 2.90 bits per heavy atom. The molecule has 1 atom stereocenters. The zero-order valence-electron chi connectivity index (χ0n) is 17.2. The highest BCUT2D eigenvalue weighted by Gasteiger charge is 2.31. The maximum Gasteiger partial charge on any atom is 0.233 e. The molecular weight excluding hydrogens is 414 g/mol. The van der Waals surface area contributed by atoms with Crippen molar-refractivity contribution in [2.45, 2.75) is 31.0 Å². The molecule has 2 aliphatic rings. The highest BCUT2D eigenvalue weighted by molar-refractivity contribution is 7.99. The van der Waals surface area contributed by atoms with Crippen molar-refractivity contribution >= 4 is 17.7 Å². The standard InChI is InChI=1S/C22H23N5O3S/c1-15-4-2-5-17(12-15)27-22(23-24-25-27)31-14-21(28)26-9-3-6-18(26)16-7-8-19-20(13-16)30-11-10-29-19/h2,4-5,7-8,12-13,18H,3,6,9-11,14H2,1H3. The van der Waals surface area contributed by atoms with E-state index >= 15 is 0 Å². The minimum absolute atomic E-state index is 0.0525. The van der Waals surface area contributed by atoms with Crippen LogP contribution in [0, 0.1) is 6.92 Å². The summed E-state index contributed by atoms with van der Waals surface area (Å²) in [6.07, 6.45) is 1.92. The molecule has 0 saturated carbocycles. The number of thioether (sulfide) groups is 1. The van der Waals surface area contributed by atoms with E-state index in [1.807, 2.05) is 54.3 Å². The molecule has 1 unspecified atom stereocenters. The molecule has 0 spiro atoms. The zero-order chi connectivity index (χ0) is 21.2. The van der Waals surface area contributed by atoms with Gasteiger partial charge in [-0.2, -0.15) is 4.68 Å². The Balaban J connectivity index is 1.28. The first-order valence-corrected chi connectivity index (χ1v) is 11.3. The Labute approximate surface area is 184 Å². The van der Waals surface area contributed by atoms with Crippen LogP contribution >= 0.6 is 11.8 Å². The molecule has 3 aromatic rings. The van der Waals surface area contributed by atoms with Crippen LogP contribution in [-0.2, 0) is 4.79 Å². The van der Waals surface area contributed by atoms with E-state index in [4.69, 9.17) is 9.47 Å². The molecule has 0 radical (unpaired) electrons. The van der Waals surface area contributed by atoms with Crippen molar-refractivity contribution in [3.63, 3.8) is 0 Å². The number of hydrogen-bond acceptors (Lipinski definition) is 7. The van der Waals surface area contributed by atoms with E-state index in [2.05, 4.69) is 15.5 Å². The fourth-order valence-corrected chi connectivity index (χ4v) is 4.86. The van der Waals surface area contributed by atoms with Gasteiger partial charge >= 0.3 is 0 Å². The SMILES string of the molecule is Cc1cccc(-n2nnnc2SCC(=O)N2CCCC2c2ccc3c(c2)OCCO3)c1. The number of carbonyl (C=O) groups excluding carboxylic acids is 1. The van der Waals surface area contributed by atoms with Gasteiger partial charge in [0.2, 0.25) is 11.1 Å². The molecule has 0 aliphatic carbocycles. The highest BCUT2D eigenvalue weighted by atomic mass is 32.2. The summed E-state index contributed by atoms with van der Waals surface area (Å²) in [6, 6.07) is 14.0. The lowest BCUT2D eigenvalue weighted by Gasteiger charge is -2.26. The van der Waals surface area contributed by atoms with E-state index in [1.54, 1.807) is 4.68 Å². The van der Waals surface area contributed by atoms with Crippen LogP contribution in [0.3, 0.4) is 0 Å². The van der Waals surface area contributed by atoms with Crippen molar-refractivity contribution in [2.24, 2.45) is 0 Å². The number of nitrogens with zero attached hydrogens (tertiary/aromatic N) is 5. The van der Waals surface area contributed by atoms with Gasteiger partial charge in [0.1, 0.15) is 13.2 Å². The van der Waals surface area contributed by atoms with Crippen molar-refractivity contribution in [1.82, 2.24) is 25.1 Å². The van der Waals surface area contributed by atoms with Gasteiger partial charge in [0.25, 0.3) is 0 Å². The zero-order valence-corrected chi connectivity index (χ0v) is 18.0. The summed E-state index contributed by atoms with van der Waals surface area (Å²) in [5.74, 6) is 1.90. The first kappa shape index (κ1) is 19.9. The maximum atomic E-state index is 13.1. The average Bonchev–Trinajstić information content (AvgIpc) is 3.47. The van der Waals surface area contributed by atoms with Crippen LogP contribution in [0.1, 0.15) is 30.0 Å². The number of amides is 1. The lowest BCUT2D eigenvalue weighted by Crippen LogP contribution is -2.32. The fourth-order valence-electron chi connectivity index (χ4n) is 4.08.